The van der Waals surface area contributed by atoms with Crippen LogP contribution >= 0.6 is 0 Å². The van der Waals surface area contributed by atoms with Crippen LogP contribution in [0.25, 0.3) is 0 Å². The summed E-state index contributed by atoms with van der Waals surface area (Å²) in [5.41, 5.74) is 0.356. The Labute approximate surface area is 109 Å². The summed E-state index contributed by atoms with van der Waals surface area (Å²) in [6.07, 6.45) is 1.97. The maximum absolute atomic E-state index is 13.3. The van der Waals surface area contributed by atoms with E-state index in [9.17, 15) is 13.2 Å². The fourth-order valence-electron chi connectivity index (χ4n) is 1.96. The Balaban J connectivity index is 2.28. The quantitative estimate of drug-likeness (QED) is 0.839. The predicted octanol–water partition coefficient (Wildman–Crippen LogP) is 3.59. The van der Waals surface area contributed by atoms with Gasteiger partial charge in [0.1, 0.15) is 5.76 Å². The lowest BCUT2D eigenvalue weighted by Gasteiger charge is -2.17. The van der Waals surface area contributed by atoms with E-state index in [-0.39, 0.29) is 6.04 Å². The zero-order valence-corrected chi connectivity index (χ0v) is 10.4. The number of benzene rings is 1. The Hall–Kier alpha value is -1.75. The van der Waals surface area contributed by atoms with E-state index in [1.807, 2.05) is 6.92 Å². The molecule has 1 atom stereocenters. The fourth-order valence-corrected chi connectivity index (χ4v) is 1.96. The van der Waals surface area contributed by atoms with E-state index in [1.54, 1.807) is 12.1 Å². The van der Waals surface area contributed by atoms with Crippen molar-refractivity contribution in [3.05, 3.63) is 59.3 Å². The van der Waals surface area contributed by atoms with Crippen LogP contribution in [-0.2, 0) is 6.42 Å². The molecule has 2 aromatic rings. The van der Waals surface area contributed by atoms with E-state index < -0.39 is 17.5 Å². The Bertz CT molecular complexity index is 517. The molecule has 0 saturated heterocycles. The number of hydrogen-bond donors (Lipinski definition) is 1. The highest BCUT2D eigenvalue weighted by Gasteiger charge is 2.18. The van der Waals surface area contributed by atoms with Crippen molar-refractivity contribution in [2.75, 3.05) is 6.54 Å². The van der Waals surface area contributed by atoms with Crippen LogP contribution in [0.5, 0.6) is 0 Å². The van der Waals surface area contributed by atoms with Crippen molar-refractivity contribution in [1.82, 2.24) is 5.32 Å². The number of furan rings is 1. The molecule has 0 aliphatic heterocycles. The normalized spacial score (nSPS) is 12.6. The lowest BCUT2D eigenvalue weighted by Crippen LogP contribution is -2.23. The minimum absolute atomic E-state index is 0.333. The van der Waals surface area contributed by atoms with Gasteiger partial charge in [-0.3, -0.25) is 0 Å². The highest BCUT2D eigenvalue weighted by molar-refractivity contribution is 5.24. The molecule has 0 radical (unpaired) electrons. The molecule has 0 aliphatic carbocycles. The third-order valence-corrected chi connectivity index (χ3v) is 2.84. The third-order valence-electron chi connectivity index (χ3n) is 2.84. The first-order valence-electron chi connectivity index (χ1n) is 6.02. The van der Waals surface area contributed by atoms with Crippen molar-refractivity contribution in [2.24, 2.45) is 0 Å². The topological polar surface area (TPSA) is 25.2 Å². The van der Waals surface area contributed by atoms with E-state index >= 15 is 0 Å². The third kappa shape index (κ3) is 3.17. The average molecular weight is 269 g/mol. The minimum Gasteiger partial charge on any atom is -0.469 e. The second kappa shape index (κ2) is 5.93. The van der Waals surface area contributed by atoms with Gasteiger partial charge in [0.05, 0.1) is 6.26 Å². The highest BCUT2D eigenvalue weighted by atomic mass is 19.2. The smallest absolute Gasteiger partial charge is 0.194 e. The van der Waals surface area contributed by atoms with Gasteiger partial charge in [-0.25, -0.2) is 13.2 Å². The second-order valence-corrected chi connectivity index (χ2v) is 4.19. The van der Waals surface area contributed by atoms with Crippen LogP contribution in [0.1, 0.15) is 24.3 Å². The van der Waals surface area contributed by atoms with Gasteiger partial charge in [-0.15, -0.1) is 0 Å². The molecule has 1 N–H and O–H groups in total. The molecule has 1 aromatic heterocycles. The van der Waals surface area contributed by atoms with Crippen LogP contribution in [0.15, 0.2) is 34.9 Å². The summed E-state index contributed by atoms with van der Waals surface area (Å²) in [6.45, 7) is 2.50. The predicted molar refractivity (Wildman–Crippen MR) is 65.1 cm³/mol. The van der Waals surface area contributed by atoms with Crippen molar-refractivity contribution < 1.29 is 17.6 Å². The Morgan fingerprint density at radius 1 is 1.21 bits per heavy atom. The molecular formula is C14H14F3NO. The fraction of sp³-hybridized carbons (Fsp3) is 0.286. The molecule has 102 valence electrons. The van der Waals surface area contributed by atoms with E-state index in [2.05, 4.69) is 5.32 Å². The van der Waals surface area contributed by atoms with Crippen molar-refractivity contribution in [2.45, 2.75) is 19.4 Å². The Kier molecular flexibility index (Phi) is 4.27. The Morgan fingerprint density at radius 3 is 2.42 bits per heavy atom. The lowest BCUT2D eigenvalue weighted by molar-refractivity contribution is 0.430. The van der Waals surface area contributed by atoms with Gasteiger partial charge in [-0.1, -0.05) is 6.92 Å². The monoisotopic (exact) mass is 269 g/mol. The van der Waals surface area contributed by atoms with Gasteiger partial charge in [0.15, 0.2) is 17.5 Å². The van der Waals surface area contributed by atoms with Gasteiger partial charge in [-0.05, 0) is 36.4 Å². The van der Waals surface area contributed by atoms with E-state index in [0.29, 0.717) is 24.3 Å². The maximum Gasteiger partial charge on any atom is 0.194 e. The summed E-state index contributed by atoms with van der Waals surface area (Å²) in [4.78, 5) is 0. The van der Waals surface area contributed by atoms with Crippen LogP contribution in [0, 0.1) is 17.5 Å². The molecule has 0 aliphatic rings. The molecule has 2 nitrogen and oxygen atoms in total. The summed E-state index contributed by atoms with van der Waals surface area (Å²) in [6, 6.07) is 5.20. The summed E-state index contributed by atoms with van der Waals surface area (Å²) in [5, 5.41) is 3.10. The maximum atomic E-state index is 13.3. The Morgan fingerprint density at radius 2 is 1.89 bits per heavy atom. The molecule has 19 heavy (non-hydrogen) atoms. The van der Waals surface area contributed by atoms with E-state index in [0.717, 1.165) is 12.1 Å². The van der Waals surface area contributed by atoms with Gasteiger partial charge >= 0.3 is 0 Å². The average Bonchev–Trinajstić information content (AvgIpc) is 2.88. The zero-order valence-electron chi connectivity index (χ0n) is 10.4. The van der Waals surface area contributed by atoms with Crippen molar-refractivity contribution in [1.29, 1.82) is 0 Å². The molecule has 0 fully saturated rings. The number of likely N-dealkylation sites (N-methyl/N-ethyl adjacent to an activating group) is 1. The summed E-state index contributed by atoms with van der Waals surface area (Å²) < 4.78 is 44.7. The van der Waals surface area contributed by atoms with Crippen LogP contribution in [0.3, 0.4) is 0 Å². The van der Waals surface area contributed by atoms with Gasteiger partial charge < -0.3 is 9.73 Å². The largest absolute Gasteiger partial charge is 0.469 e. The summed E-state index contributed by atoms with van der Waals surface area (Å²) in [5.74, 6) is -3.12. The first-order valence-corrected chi connectivity index (χ1v) is 6.02. The van der Waals surface area contributed by atoms with Crippen molar-refractivity contribution >= 4 is 0 Å². The number of hydrogen-bond acceptors (Lipinski definition) is 2. The molecular weight excluding hydrogens is 255 g/mol. The van der Waals surface area contributed by atoms with Gasteiger partial charge in [0.25, 0.3) is 0 Å². The van der Waals surface area contributed by atoms with Gasteiger partial charge in [0, 0.05) is 12.5 Å². The molecule has 1 aromatic carbocycles. The number of nitrogens with one attached hydrogen (secondary N) is 1. The summed E-state index contributed by atoms with van der Waals surface area (Å²) in [7, 11) is 0. The zero-order chi connectivity index (χ0) is 13.8. The van der Waals surface area contributed by atoms with E-state index in [4.69, 9.17) is 4.42 Å². The first-order chi connectivity index (χ1) is 9.11. The van der Waals surface area contributed by atoms with Crippen molar-refractivity contribution in [3.8, 4) is 0 Å². The summed E-state index contributed by atoms with van der Waals surface area (Å²) >= 11 is 0. The molecule has 1 heterocycles. The van der Waals surface area contributed by atoms with Crippen LogP contribution in [-0.4, -0.2) is 6.54 Å². The molecule has 0 spiro atoms. The SMILES string of the molecule is CCNC(Cc1ccco1)c1cc(F)c(F)c(F)c1. The number of rotatable bonds is 5. The highest BCUT2D eigenvalue weighted by Crippen LogP contribution is 2.22. The molecule has 2 rings (SSSR count). The first kappa shape index (κ1) is 13.7. The van der Waals surface area contributed by atoms with Crippen LogP contribution < -0.4 is 5.32 Å². The molecule has 1 unspecified atom stereocenters. The molecule has 5 heteroatoms. The van der Waals surface area contributed by atoms with Gasteiger partial charge in [0.2, 0.25) is 0 Å². The van der Waals surface area contributed by atoms with E-state index in [1.165, 1.54) is 6.26 Å². The standard InChI is InChI=1S/C14H14F3NO/c1-2-18-13(8-10-4-3-5-19-10)9-6-11(15)14(17)12(16)7-9/h3-7,13,18H,2,8H2,1H3. The van der Waals surface area contributed by atoms with Crippen LogP contribution in [0.4, 0.5) is 13.2 Å². The molecule has 0 amide bonds. The van der Waals surface area contributed by atoms with Crippen molar-refractivity contribution in [3.63, 3.8) is 0 Å². The minimum atomic E-state index is -1.45. The van der Waals surface area contributed by atoms with Crippen LogP contribution in [0.2, 0.25) is 0 Å². The molecule has 0 bridgehead atoms. The molecule has 0 saturated carbocycles. The van der Waals surface area contributed by atoms with Gasteiger partial charge in [-0.2, -0.15) is 0 Å². The number of halogens is 3. The second-order valence-electron chi connectivity index (χ2n) is 4.19. The lowest BCUT2D eigenvalue weighted by atomic mass is 10.0.